The van der Waals surface area contributed by atoms with Crippen molar-refractivity contribution in [2.45, 2.75) is 19.1 Å². The van der Waals surface area contributed by atoms with E-state index in [1.54, 1.807) is 26.2 Å². The number of carbonyl (C=O) groups excluding carboxylic acids is 1. The Morgan fingerprint density at radius 1 is 1.35 bits per heavy atom. The highest BCUT2D eigenvalue weighted by atomic mass is 16.5. The minimum atomic E-state index is -0.949. The van der Waals surface area contributed by atoms with Crippen LogP contribution in [0, 0.1) is 0 Å². The number of nitrogens with one attached hydrogen (secondary N) is 1. The van der Waals surface area contributed by atoms with Crippen LogP contribution in [0.3, 0.4) is 0 Å². The monoisotopic (exact) mass is 280 g/mol. The third-order valence-corrected chi connectivity index (χ3v) is 2.81. The van der Waals surface area contributed by atoms with E-state index in [0.717, 1.165) is 5.56 Å². The van der Waals surface area contributed by atoms with Crippen LogP contribution in [-0.2, 0) is 11.3 Å². The maximum Gasteiger partial charge on any atom is 0.251 e. The molecule has 112 valence electrons. The van der Waals surface area contributed by atoms with E-state index in [-0.39, 0.29) is 12.5 Å². The van der Waals surface area contributed by atoms with Crippen LogP contribution < -0.4 is 5.32 Å². The number of nitrogens with zero attached hydrogens (tertiary/aromatic N) is 1. The van der Waals surface area contributed by atoms with Crippen molar-refractivity contribution in [3.05, 3.63) is 35.4 Å². The molecule has 0 saturated carbocycles. The van der Waals surface area contributed by atoms with Crippen molar-refractivity contribution in [2.24, 2.45) is 0 Å². The molecule has 0 saturated heterocycles. The van der Waals surface area contributed by atoms with Gasteiger partial charge in [0.05, 0.1) is 12.2 Å². The molecule has 0 aliphatic carbocycles. The first-order chi connectivity index (χ1) is 9.34. The molecule has 0 aliphatic heterocycles. The molecule has 0 spiro atoms. The summed E-state index contributed by atoms with van der Waals surface area (Å²) in [5, 5.41) is 12.9. The topological polar surface area (TPSA) is 61.8 Å². The van der Waals surface area contributed by atoms with Gasteiger partial charge in [0.2, 0.25) is 0 Å². The summed E-state index contributed by atoms with van der Waals surface area (Å²) in [6.45, 7) is 2.93. The fourth-order valence-corrected chi connectivity index (χ4v) is 2.03. The largest absolute Gasteiger partial charge is 0.387 e. The van der Waals surface area contributed by atoms with E-state index in [0.29, 0.717) is 18.7 Å². The van der Waals surface area contributed by atoms with Crippen LogP contribution in [0.25, 0.3) is 0 Å². The van der Waals surface area contributed by atoms with Crippen molar-refractivity contribution in [3.8, 4) is 0 Å². The number of carbonyl (C=O) groups is 1. The van der Waals surface area contributed by atoms with Crippen LogP contribution >= 0.6 is 0 Å². The molecule has 1 atom stereocenters. The smallest absolute Gasteiger partial charge is 0.251 e. The molecule has 0 aromatic heterocycles. The van der Waals surface area contributed by atoms with Crippen molar-refractivity contribution in [2.75, 3.05) is 34.3 Å². The van der Waals surface area contributed by atoms with Gasteiger partial charge in [0.15, 0.2) is 0 Å². The molecule has 1 amide bonds. The van der Waals surface area contributed by atoms with Crippen LogP contribution in [-0.4, -0.2) is 55.8 Å². The number of likely N-dealkylation sites (N-methyl/N-ethyl adjacent to an activating group) is 1. The normalized spacial score (nSPS) is 14.1. The van der Waals surface area contributed by atoms with Crippen LogP contribution in [0.15, 0.2) is 24.3 Å². The number of methoxy groups -OCH3 is 1. The summed E-state index contributed by atoms with van der Waals surface area (Å²) in [6, 6.07) is 7.22. The van der Waals surface area contributed by atoms with Gasteiger partial charge in [-0.05, 0) is 38.7 Å². The third-order valence-electron chi connectivity index (χ3n) is 2.81. The number of benzene rings is 1. The molecule has 0 aliphatic rings. The Morgan fingerprint density at radius 3 is 2.45 bits per heavy atom. The van der Waals surface area contributed by atoms with Gasteiger partial charge in [-0.3, -0.25) is 4.79 Å². The van der Waals surface area contributed by atoms with Crippen LogP contribution in [0.1, 0.15) is 22.8 Å². The lowest BCUT2D eigenvalue weighted by Gasteiger charge is -2.27. The summed E-state index contributed by atoms with van der Waals surface area (Å²) in [6.07, 6.45) is 0. The van der Waals surface area contributed by atoms with Crippen LogP contribution in [0.2, 0.25) is 0 Å². The second-order valence-corrected chi connectivity index (χ2v) is 5.55. The van der Waals surface area contributed by atoms with Gasteiger partial charge in [-0.1, -0.05) is 12.1 Å². The second kappa shape index (κ2) is 7.38. The Morgan fingerprint density at radius 2 is 1.95 bits per heavy atom. The maximum absolute atomic E-state index is 12.0. The van der Waals surface area contributed by atoms with Crippen molar-refractivity contribution in [1.29, 1.82) is 0 Å². The highest BCUT2D eigenvalue weighted by Crippen LogP contribution is 2.07. The van der Waals surface area contributed by atoms with E-state index in [1.165, 1.54) is 0 Å². The Hall–Kier alpha value is -1.43. The Bertz CT molecular complexity index is 427. The minimum absolute atomic E-state index is 0.187. The summed E-state index contributed by atoms with van der Waals surface area (Å²) in [4.78, 5) is 13.9. The van der Waals surface area contributed by atoms with Crippen molar-refractivity contribution >= 4 is 5.91 Å². The number of hydrogen-bond acceptors (Lipinski definition) is 4. The first-order valence-electron chi connectivity index (χ1n) is 6.57. The maximum atomic E-state index is 12.0. The summed E-state index contributed by atoms with van der Waals surface area (Å²) in [5.41, 5.74) is 0.643. The van der Waals surface area contributed by atoms with E-state index in [4.69, 9.17) is 4.74 Å². The molecule has 1 aromatic carbocycles. The number of ether oxygens (including phenoxy) is 1. The molecule has 20 heavy (non-hydrogen) atoms. The molecular formula is C15H24N2O3. The predicted molar refractivity (Wildman–Crippen MR) is 78.7 cm³/mol. The van der Waals surface area contributed by atoms with E-state index in [9.17, 15) is 9.90 Å². The molecular weight excluding hydrogens is 256 g/mol. The van der Waals surface area contributed by atoms with Crippen molar-refractivity contribution in [1.82, 2.24) is 10.2 Å². The van der Waals surface area contributed by atoms with Gasteiger partial charge in [-0.2, -0.15) is 0 Å². The second-order valence-electron chi connectivity index (χ2n) is 5.55. The van der Waals surface area contributed by atoms with E-state index in [2.05, 4.69) is 5.32 Å². The van der Waals surface area contributed by atoms with Gasteiger partial charge >= 0.3 is 0 Å². The zero-order valence-corrected chi connectivity index (χ0v) is 12.6. The molecule has 5 heteroatoms. The standard InChI is InChI=1S/C15H24N2O3/c1-15(19,11-17(2)3)10-16-14(18)13-7-5-12(6-8-13)9-20-4/h5-8,19H,9-11H2,1-4H3,(H,16,18). The SMILES string of the molecule is COCc1ccc(C(=O)NCC(C)(O)CN(C)C)cc1. The van der Waals surface area contributed by atoms with Gasteiger partial charge in [0.25, 0.3) is 5.91 Å². The first-order valence-corrected chi connectivity index (χ1v) is 6.57. The highest BCUT2D eigenvalue weighted by Gasteiger charge is 2.22. The first kappa shape index (κ1) is 16.6. The number of hydrogen-bond donors (Lipinski definition) is 2. The number of rotatable bonds is 7. The van der Waals surface area contributed by atoms with Gasteiger partial charge in [0, 0.05) is 25.8 Å². The molecule has 0 heterocycles. The number of aliphatic hydroxyl groups is 1. The van der Waals surface area contributed by atoms with E-state index < -0.39 is 5.60 Å². The summed E-state index contributed by atoms with van der Waals surface area (Å²) < 4.78 is 5.02. The lowest BCUT2D eigenvalue weighted by atomic mass is 10.1. The molecule has 0 fully saturated rings. The minimum Gasteiger partial charge on any atom is -0.387 e. The highest BCUT2D eigenvalue weighted by molar-refractivity contribution is 5.94. The van der Waals surface area contributed by atoms with Gasteiger partial charge in [-0.15, -0.1) is 0 Å². The summed E-state index contributed by atoms with van der Waals surface area (Å²) in [7, 11) is 5.39. The van der Waals surface area contributed by atoms with E-state index >= 15 is 0 Å². The van der Waals surface area contributed by atoms with Crippen LogP contribution in [0.4, 0.5) is 0 Å². The lowest BCUT2D eigenvalue weighted by molar-refractivity contribution is 0.0326. The molecule has 0 radical (unpaired) electrons. The Labute approximate surface area is 120 Å². The average molecular weight is 280 g/mol. The lowest BCUT2D eigenvalue weighted by Crippen LogP contribution is -2.47. The Kier molecular flexibility index (Phi) is 6.13. The fourth-order valence-electron chi connectivity index (χ4n) is 2.03. The molecule has 1 aromatic rings. The summed E-state index contributed by atoms with van der Waals surface area (Å²) >= 11 is 0. The fraction of sp³-hybridized carbons (Fsp3) is 0.533. The quantitative estimate of drug-likeness (QED) is 0.778. The van der Waals surface area contributed by atoms with Crippen molar-refractivity contribution in [3.63, 3.8) is 0 Å². The summed E-state index contributed by atoms with van der Waals surface area (Å²) in [5.74, 6) is -0.187. The molecule has 2 N–H and O–H groups in total. The predicted octanol–water partition coefficient (Wildman–Crippen LogP) is 0.875. The van der Waals surface area contributed by atoms with E-state index in [1.807, 2.05) is 31.1 Å². The third kappa shape index (κ3) is 5.69. The zero-order chi connectivity index (χ0) is 15.2. The van der Waals surface area contributed by atoms with Gasteiger partial charge in [-0.25, -0.2) is 0 Å². The average Bonchev–Trinajstić information content (AvgIpc) is 2.36. The number of amides is 1. The van der Waals surface area contributed by atoms with Gasteiger partial charge in [0.1, 0.15) is 0 Å². The molecule has 1 unspecified atom stereocenters. The molecule has 1 rings (SSSR count). The Balaban J connectivity index is 2.54. The van der Waals surface area contributed by atoms with Gasteiger partial charge < -0.3 is 20.1 Å². The van der Waals surface area contributed by atoms with Crippen molar-refractivity contribution < 1.29 is 14.6 Å². The van der Waals surface area contributed by atoms with Crippen LogP contribution in [0.5, 0.6) is 0 Å². The zero-order valence-electron chi connectivity index (χ0n) is 12.6. The molecule has 0 bridgehead atoms. The molecule has 5 nitrogen and oxygen atoms in total.